The Hall–Kier alpha value is -3.27. The van der Waals surface area contributed by atoms with Crippen LogP contribution in [0.5, 0.6) is 0 Å². The zero-order valence-electron chi connectivity index (χ0n) is 18.2. The Kier molecular flexibility index (Phi) is 5.16. The first-order valence-electron chi connectivity index (χ1n) is 10.9. The van der Waals surface area contributed by atoms with Crippen LogP contribution in [0.4, 0.5) is 0 Å². The first-order chi connectivity index (χ1) is 15.4. The molecular formula is C22H26N6O4. The van der Waals surface area contributed by atoms with Crippen molar-refractivity contribution in [3.63, 3.8) is 0 Å². The normalized spacial score (nSPS) is 22.6. The number of aromatic nitrogens is 3. The average molecular weight is 438 g/mol. The van der Waals surface area contributed by atoms with Gasteiger partial charge in [0, 0.05) is 19.6 Å². The van der Waals surface area contributed by atoms with Crippen LogP contribution >= 0.6 is 0 Å². The van der Waals surface area contributed by atoms with Crippen molar-refractivity contribution in [2.24, 2.45) is 0 Å². The molecule has 1 unspecified atom stereocenters. The molecule has 3 amide bonds. The number of piperazine rings is 1. The third-order valence-electron chi connectivity index (χ3n) is 6.48. The molecule has 2 aromatic rings. The molecule has 3 aliphatic heterocycles. The molecule has 0 radical (unpaired) electrons. The van der Waals surface area contributed by atoms with E-state index in [0.29, 0.717) is 32.8 Å². The van der Waals surface area contributed by atoms with Crippen molar-refractivity contribution in [1.82, 2.24) is 30.1 Å². The minimum Gasteiger partial charge on any atom is -0.364 e. The number of carbonyl (C=O) groups is 3. The fourth-order valence-electron chi connectivity index (χ4n) is 4.85. The van der Waals surface area contributed by atoms with Crippen LogP contribution in [0.15, 0.2) is 24.3 Å². The molecule has 1 aromatic heterocycles. The van der Waals surface area contributed by atoms with Crippen LogP contribution in [0.2, 0.25) is 0 Å². The van der Waals surface area contributed by atoms with Crippen LogP contribution in [0.25, 0.3) is 0 Å². The molecule has 168 valence electrons. The minimum absolute atomic E-state index is 0.0540. The lowest BCUT2D eigenvalue weighted by molar-refractivity contribution is -0.145. The molecule has 2 fully saturated rings. The summed E-state index contributed by atoms with van der Waals surface area (Å²) in [6.45, 7) is 6.02. The molecule has 5 rings (SSSR count). The summed E-state index contributed by atoms with van der Waals surface area (Å²) in [5.74, 6) is -0.686. The van der Waals surface area contributed by atoms with Crippen LogP contribution < -0.4 is 5.32 Å². The van der Waals surface area contributed by atoms with E-state index in [1.54, 1.807) is 11.8 Å². The summed E-state index contributed by atoms with van der Waals surface area (Å²) in [4.78, 5) is 41.8. The number of amides is 3. The molecule has 1 N–H and O–H groups in total. The van der Waals surface area contributed by atoms with Crippen molar-refractivity contribution in [1.29, 1.82) is 0 Å². The van der Waals surface area contributed by atoms with E-state index in [9.17, 15) is 14.4 Å². The predicted octanol–water partition coefficient (Wildman–Crippen LogP) is 0.361. The molecular weight excluding hydrogens is 412 g/mol. The first kappa shape index (κ1) is 20.6. The van der Waals surface area contributed by atoms with Gasteiger partial charge in [-0.05, 0) is 25.8 Å². The van der Waals surface area contributed by atoms with Crippen molar-refractivity contribution in [3.05, 3.63) is 46.8 Å². The van der Waals surface area contributed by atoms with Gasteiger partial charge >= 0.3 is 0 Å². The number of nitrogens with one attached hydrogen (secondary N) is 1. The van der Waals surface area contributed by atoms with Gasteiger partial charge in [-0.1, -0.05) is 35.0 Å². The van der Waals surface area contributed by atoms with Gasteiger partial charge in [-0.15, -0.1) is 5.10 Å². The largest absolute Gasteiger partial charge is 0.364 e. The minimum atomic E-state index is -0.563. The van der Waals surface area contributed by atoms with Crippen molar-refractivity contribution in [2.75, 3.05) is 19.6 Å². The number of hydrogen-bond donors (Lipinski definition) is 1. The highest BCUT2D eigenvalue weighted by atomic mass is 16.5. The van der Waals surface area contributed by atoms with Gasteiger partial charge in [0.05, 0.1) is 25.2 Å². The SMILES string of the molecule is Cc1cccc(COC(C)C(=O)N2C[C@@H]3C[C@H]2CN3C(=O)c2nnn3c2C(=O)NCC3)c1. The topological polar surface area (TPSA) is 110 Å². The van der Waals surface area contributed by atoms with Gasteiger partial charge in [-0.2, -0.15) is 0 Å². The number of rotatable bonds is 5. The third-order valence-corrected chi connectivity index (χ3v) is 6.48. The summed E-state index contributed by atoms with van der Waals surface area (Å²) in [5, 5.41) is 10.7. The maximum absolute atomic E-state index is 13.1. The van der Waals surface area contributed by atoms with E-state index >= 15 is 0 Å². The molecule has 1 aromatic carbocycles. The molecule has 2 saturated heterocycles. The smallest absolute Gasteiger partial charge is 0.277 e. The number of aryl methyl sites for hydroxylation is 1. The van der Waals surface area contributed by atoms with Crippen LogP contribution in [0, 0.1) is 6.92 Å². The Labute approximate surface area is 185 Å². The fraction of sp³-hybridized carbons (Fsp3) is 0.500. The van der Waals surface area contributed by atoms with E-state index in [0.717, 1.165) is 17.5 Å². The summed E-state index contributed by atoms with van der Waals surface area (Å²) >= 11 is 0. The van der Waals surface area contributed by atoms with Crippen LogP contribution in [0.1, 0.15) is 45.4 Å². The predicted molar refractivity (Wildman–Crippen MR) is 113 cm³/mol. The molecule has 0 spiro atoms. The summed E-state index contributed by atoms with van der Waals surface area (Å²) in [6.07, 6.45) is 0.157. The number of likely N-dealkylation sites (tertiary alicyclic amines) is 2. The number of carbonyl (C=O) groups excluding carboxylic acids is 3. The maximum Gasteiger partial charge on any atom is 0.277 e. The molecule has 3 aliphatic rings. The van der Waals surface area contributed by atoms with Crippen LogP contribution in [0.3, 0.4) is 0 Å². The van der Waals surface area contributed by atoms with Gasteiger partial charge in [-0.25, -0.2) is 4.68 Å². The molecule has 32 heavy (non-hydrogen) atoms. The third kappa shape index (κ3) is 3.54. The lowest BCUT2D eigenvalue weighted by Crippen LogP contribution is -2.53. The molecule has 3 atom stereocenters. The Morgan fingerprint density at radius 3 is 2.78 bits per heavy atom. The number of nitrogens with zero attached hydrogens (tertiary/aromatic N) is 5. The summed E-state index contributed by atoms with van der Waals surface area (Å²) in [7, 11) is 0. The molecule has 2 bridgehead atoms. The zero-order valence-corrected chi connectivity index (χ0v) is 18.2. The van der Waals surface area contributed by atoms with E-state index in [2.05, 4.69) is 15.6 Å². The van der Waals surface area contributed by atoms with Gasteiger partial charge in [-0.3, -0.25) is 14.4 Å². The van der Waals surface area contributed by atoms with Gasteiger partial charge in [0.15, 0.2) is 11.4 Å². The highest BCUT2D eigenvalue weighted by Crippen LogP contribution is 2.33. The van der Waals surface area contributed by atoms with E-state index in [4.69, 9.17) is 4.74 Å². The maximum atomic E-state index is 13.1. The van der Waals surface area contributed by atoms with Crippen molar-refractivity contribution < 1.29 is 19.1 Å². The summed E-state index contributed by atoms with van der Waals surface area (Å²) in [5.41, 5.74) is 2.49. The van der Waals surface area contributed by atoms with E-state index in [1.807, 2.05) is 36.1 Å². The van der Waals surface area contributed by atoms with E-state index < -0.39 is 6.10 Å². The molecule has 0 aliphatic carbocycles. The highest BCUT2D eigenvalue weighted by molar-refractivity contribution is 6.05. The Morgan fingerprint density at radius 2 is 2.03 bits per heavy atom. The Bertz CT molecular complexity index is 1080. The summed E-state index contributed by atoms with van der Waals surface area (Å²) in [6, 6.07) is 7.87. The van der Waals surface area contributed by atoms with Crippen molar-refractivity contribution in [2.45, 2.75) is 51.6 Å². The molecule has 4 heterocycles. The zero-order chi connectivity index (χ0) is 22.4. The van der Waals surface area contributed by atoms with Crippen molar-refractivity contribution in [3.8, 4) is 0 Å². The molecule has 10 nitrogen and oxygen atoms in total. The number of hydrogen-bond acceptors (Lipinski definition) is 6. The second-order valence-corrected chi connectivity index (χ2v) is 8.70. The lowest BCUT2D eigenvalue weighted by Gasteiger charge is -2.35. The standard InChI is InChI=1S/C22H26N6O4/c1-13-4-3-5-15(8-13)12-32-14(2)21(30)26-10-17-9-16(26)11-27(17)22(31)18-19-20(29)23-6-7-28(19)25-24-18/h3-5,8,14,16-17H,6-7,9-12H2,1-2H3,(H,23,29)/t14?,16-,17-/m0/s1. The van der Waals surface area contributed by atoms with Crippen LogP contribution in [-0.4, -0.2) is 80.3 Å². The lowest BCUT2D eigenvalue weighted by atomic mass is 10.1. The second-order valence-electron chi connectivity index (χ2n) is 8.70. The fourth-order valence-corrected chi connectivity index (χ4v) is 4.85. The van der Waals surface area contributed by atoms with E-state index in [-0.39, 0.29) is 41.2 Å². The quantitative estimate of drug-likeness (QED) is 0.722. The second kappa shape index (κ2) is 8.01. The Balaban J connectivity index is 1.21. The van der Waals surface area contributed by atoms with Gasteiger partial charge in [0.2, 0.25) is 0 Å². The number of fused-ring (bicyclic) bond motifs is 3. The van der Waals surface area contributed by atoms with Gasteiger partial charge in [0.1, 0.15) is 6.10 Å². The molecule has 10 heteroatoms. The number of ether oxygens (including phenoxy) is 1. The average Bonchev–Trinajstić information content (AvgIpc) is 3.51. The van der Waals surface area contributed by atoms with E-state index in [1.165, 1.54) is 4.68 Å². The summed E-state index contributed by atoms with van der Waals surface area (Å²) < 4.78 is 7.31. The first-order valence-corrected chi connectivity index (χ1v) is 10.9. The van der Waals surface area contributed by atoms with Gasteiger partial charge in [0.25, 0.3) is 17.7 Å². The monoisotopic (exact) mass is 438 g/mol. The number of benzene rings is 1. The highest BCUT2D eigenvalue weighted by Gasteiger charge is 2.49. The van der Waals surface area contributed by atoms with Gasteiger partial charge < -0.3 is 19.9 Å². The molecule has 0 saturated carbocycles. The Morgan fingerprint density at radius 1 is 1.25 bits per heavy atom. The van der Waals surface area contributed by atoms with Crippen molar-refractivity contribution >= 4 is 17.7 Å². The van der Waals surface area contributed by atoms with Crippen LogP contribution in [-0.2, 0) is 22.7 Å².